The number of hydrogen-bond acceptors (Lipinski definition) is 2. The predicted molar refractivity (Wildman–Crippen MR) is 42.1 cm³/mol. The van der Waals surface area contributed by atoms with Crippen molar-refractivity contribution in [1.82, 2.24) is 9.80 Å². The molecule has 0 saturated carbocycles. The Kier molecular flexibility index (Phi) is 1.66. The van der Waals surface area contributed by atoms with Crippen LogP contribution in [0.15, 0.2) is 0 Å². The van der Waals surface area contributed by atoms with Crippen molar-refractivity contribution in [3.63, 3.8) is 0 Å². The van der Waals surface area contributed by atoms with Gasteiger partial charge in [0.2, 0.25) is 0 Å². The zero-order valence-electron chi connectivity index (χ0n) is 6.71. The van der Waals surface area contributed by atoms with Crippen LogP contribution in [0.5, 0.6) is 0 Å². The van der Waals surface area contributed by atoms with Crippen LogP contribution in [0.25, 0.3) is 0 Å². The van der Waals surface area contributed by atoms with Gasteiger partial charge in [0.1, 0.15) is 0 Å². The first kappa shape index (κ1) is 6.62. The molecule has 0 amide bonds. The van der Waals surface area contributed by atoms with Crippen molar-refractivity contribution in [3.8, 4) is 0 Å². The molecule has 0 aromatic heterocycles. The maximum absolute atomic E-state index is 2.61. The Bertz CT molecular complexity index is 120. The zero-order chi connectivity index (χ0) is 6.97. The lowest BCUT2D eigenvalue weighted by molar-refractivity contribution is 0.125. The third-order valence-corrected chi connectivity index (χ3v) is 2.77. The molecule has 2 bridgehead atoms. The summed E-state index contributed by atoms with van der Waals surface area (Å²) in [4.78, 5) is 5.21. The minimum Gasteiger partial charge on any atom is -0.300 e. The molecule has 0 aromatic carbocycles. The second-order valence-corrected chi connectivity index (χ2v) is 3.54. The smallest absolute Gasteiger partial charge is 0.0195 e. The standard InChI is InChI=1S/C8H16N2/c1-8-7-9-3-2-4-10(8)6-5-9/h8H,2-7H2,1H3. The maximum Gasteiger partial charge on any atom is 0.0195 e. The molecule has 2 heteroatoms. The molecule has 3 atom stereocenters. The molecule has 0 N–H and O–H groups in total. The van der Waals surface area contributed by atoms with Crippen LogP contribution < -0.4 is 0 Å². The van der Waals surface area contributed by atoms with Gasteiger partial charge in [-0.2, -0.15) is 0 Å². The van der Waals surface area contributed by atoms with Crippen LogP contribution in [-0.4, -0.2) is 48.6 Å². The van der Waals surface area contributed by atoms with Crippen molar-refractivity contribution in [2.45, 2.75) is 19.4 Å². The monoisotopic (exact) mass is 140 g/mol. The number of hydrogen-bond donors (Lipinski definition) is 0. The Morgan fingerprint density at radius 1 is 1.10 bits per heavy atom. The number of fused-ring (bicyclic) bond motifs is 4. The molecule has 3 saturated heterocycles. The first-order chi connectivity index (χ1) is 4.86. The second-order valence-electron chi connectivity index (χ2n) is 3.54. The highest BCUT2D eigenvalue weighted by molar-refractivity contribution is 4.82. The van der Waals surface area contributed by atoms with Crippen LogP contribution >= 0.6 is 0 Å². The van der Waals surface area contributed by atoms with Crippen molar-refractivity contribution in [1.29, 1.82) is 0 Å². The molecule has 0 aromatic rings. The van der Waals surface area contributed by atoms with Crippen LogP contribution in [-0.2, 0) is 0 Å². The Labute approximate surface area is 62.8 Å². The van der Waals surface area contributed by atoms with Gasteiger partial charge in [-0.3, -0.25) is 4.90 Å². The van der Waals surface area contributed by atoms with Crippen molar-refractivity contribution in [2.75, 3.05) is 32.7 Å². The maximum atomic E-state index is 2.61. The van der Waals surface area contributed by atoms with Gasteiger partial charge in [0.15, 0.2) is 0 Å². The molecule has 2 nitrogen and oxygen atoms in total. The van der Waals surface area contributed by atoms with Crippen molar-refractivity contribution in [3.05, 3.63) is 0 Å². The topological polar surface area (TPSA) is 6.48 Å². The lowest BCUT2D eigenvalue weighted by Crippen LogP contribution is -2.48. The second kappa shape index (κ2) is 2.51. The summed E-state index contributed by atoms with van der Waals surface area (Å²) in [7, 11) is 0. The van der Waals surface area contributed by atoms with Gasteiger partial charge in [-0.1, -0.05) is 0 Å². The first-order valence-corrected chi connectivity index (χ1v) is 4.32. The molecular weight excluding hydrogens is 124 g/mol. The molecule has 3 heterocycles. The van der Waals surface area contributed by atoms with Gasteiger partial charge in [-0.05, 0) is 26.4 Å². The van der Waals surface area contributed by atoms with E-state index in [9.17, 15) is 0 Å². The average molecular weight is 140 g/mol. The van der Waals surface area contributed by atoms with Crippen LogP contribution in [0, 0.1) is 0 Å². The normalized spacial score (nSPS) is 47.1. The molecule has 3 fully saturated rings. The van der Waals surface area contributed by atoms with Crippen LogP contribution in [0.3, 0.4) is 0 Å². The molecule has 0 radical (unpaired) electrons. The van der Waals surface area contributed by atoms with E-state index in [2.05, 4.69) is 16.7 Å². The third kappa shape index (κ3) is 1.06. The quantitative estimate of drug-likeness (QED) is 0.480. The van der Waals surface area contributed by atoms with Crippen molar-refractivity contribution >= 4 is 0 Å². The molecule has 3 unspecified atom stereocenters. The summed E-state index contributed by atoms with van der Waals surface area (Å²) >= 11 is 0. The van der Waals surface area contributed by atoms with Crippen LogP contribution in [0.4, 0.5) is 0 Å². The summed E-state index contributed by atoms with van der Waals surface area (Å²) in [5, 5.41) is 0. The SMILES string of the molecule is CC1CN2CCCN1CC2. The lowest BCUT2D eigenvalue weighted by Gasteiger charge is -2.35. The van der Waals surface area contributed by atoms with E-state index in [1.165, 1.54) is 39.1 Å². The van der Waals surface area contributed by atoms with E-state index in [-0.39, 0.29) is 0 Å². The summed E-state index contributed by atoms with van der Waals surface area (Å²) in [6.45, 7) is 8.93. The predicted octanol–water partition coefficient (Wildman–Crippen LogP) is 0.396. The lowest BCUT2D eigenvalue weighted by atomic mass is 10.2. The summed E-state index contributed by atoms with van der Waals surface area (Å²) < 4.78 is 0. The molecular formula is C8H16N2. The highest BCUT2D eigenvalue weighted by Gasteiger charge is 2.25. The van der Waals surface area contributed by atoms with Gasteiger partial charge < -0.3 is 4.90 Å². The molecule has 0 spiro atoms. The van der Waals surface area contributed by atoms with Crippen molar-refractivity contribution in [2.24, 2.45) is 0 Å². The van der Waals surface area contributed by atoms with E-state index < -0.39 is 0 Å². The van der Waals surface area contributed by atoms with E-state index in [0.29, 0.717) is 0 Å². The van der Waals surface area contributed by atoms with Gasteiger partial charge in [0.05, 0.1) is 0 Å². The van der Waals surface area contributed by atoms with E-state index in [1.54, 1.807) is 0 Å². The molecule has 10 heavy (non-hydrogen) atoms. The Balaban J connectivity index is 2.07. The first-order valence-electron chi connectivity index (χ1n) is 4.32. The van der Waals surface area contributed by atoms with Gasteiger partial charge in [-0.15, -0.1) is 0 Å². The minimum absolute atomic E-state index is 0.816. The number of nitrogens with zero attached hydrogens (tertiary/aromatic N) is 2. The fourth-order valence-electron chi connectivity index (χ4n) is 2.10. The largest absolute Gasteiger partial charge is 0.300 e. The highest BCUT2D eigenvalue weighted by Crippen LogP contribution is 2.14. The van der Waals surface area contributed by atoms with Crippen molar-refractivity contribution < 1.29 is 0 Å². The fraction of sp³-hybridized carbons (Fsp3) is 1.00. The van der Waals surface area contributed by atoms with E-state index in [1.807, 2.05) is 0 Å². The minimum atomic E-state index is 0.816. The summed E-state index contributed by atoms with van der Waals surface area (Å²) in [6, 6.07) is 0.816. The average Bonchev–Trinajstić information content (AvgIpc) is 2.20. The summed E-state index contributed by atoms with van der Waals surface area (Å²) in [5.41, 5.74) is 0. The zero-order valence-corrected chi connectivity index (χ0v) is 6.71. The van der Waals surface area contributed by atoms with Gasteiger partial charge in [-0.25, -0.2) is 0 Å². The third-order valence-electron chi connectivity index (χ3n) is 2.77. The molecule has 58 valence electrons. The Hall–Kier alpha value is -0.0800. The number of piperazine rings is 1. The molecule has 0 aliphatic carbocycles. The summed E-state index contributed by atoms with van der Waals surface area (Å²) in [5.74, 6) is 0. The van der Waals surface area contributed by atoms with E-state index in [4.69, 9.17) is 0 Å². The van der Waals surface area contributed by atoms with E-state index in [0.717, 1.165) is 6.04 Å². The van der Waals surface area contributed by atoms with Crippen LogP contribution in [0.2, 0.25) is 0 Å². The van der Waals surface area contributed by atoms with Crippen LogP contribution in [0.1, 0.15) is 13.3 Å². The summed E-state index contributed by atoms with van der Waals surface area (Å²) in [6.07, 6.45) is 1.38. The van der Waals surface area contributed by atoms with Gasteiger partial charge >= 0.3 is 0 Å². The fourth-order valence-corrected chi connectivity index (χ4v) is 2.10. The highest BCUT2D eigenvalue weighted by atomic mass is 15.3. The van der Waals surface area contributed by atoms with E-state index >= 15 is 0 Å². The Morgan fingerprint density at radius 2 is 2.00 bits per heavy atom. The molecule has 3 rings (SSSR count). The van der Waals surface area contributed by atoms with Gasteiger partial charge in [0, 0.05) is 25.7 Å². The molecule has 3 aliphatic rings. The Morgan fingerprint density at radius 3 is 2.80 bits per heavy atom. The molecule has 3 aliphatic heterocycles. The number of rotatable bonds is 0. The van der Waals surface area contributed by atoms with Gasteiger partial charge in [0.25, 0.3) is 0 Å².